The maximum atomic E-state index is 4.90. The number of nitrogens with one attached hydrogen (secondary N) is 1. The van der Waals surface area contributed by atoms with Gasteiger partial charge in [0.1, 0.15) is 0 Å². The second kappa shape index (κ2) is 7.44. The summed E-state index contributed by atoms with van der Waals surface area (Å²) in [4.78, 5) is 0. The van der Waals surface area contributed by atoms with Crippen molar-refractivity contribution < 1.29 is 0 Å². The lowest BCUT2D eigenvalue weighted by molar-refractivity contribution is 0.226. The normalized spacial score (nSPS) is 22.1. The molecule has 0 radical (unpaired) electrons. The number of rotatable bonds is 7. The van der Waals surface area contributed by atoms with Crippen molar-refractivity contribution in [2.24, 2.45) is 5.92 Å². The van der Waals surface area contributed by atoms with Crippen LogP contribution in [0.2, 0.25) is 0 Å². The first-order chi connectivity index (χ1) is 10.4. The molecule has 0 saturated heterocycles. The number of hydrogen-bond donors (Lipinski definition) is 1. The van der Waals surface area contributed by atoms with E-state index in [0.29, 0.717) is 12.1 Å². The molecule has 1 aromatic heterocycles. The molecule has 1 unspecified atom stereocenters. The van der Waals surface area contributed by atoms with E-state index < -0.39 is 0 Å². The van der Waals surface area contributed by atoms with E-state index in [1.54, 1.807) is 0 Å². The van der Waals surface area contributed by atoms with E-state index in [-0.39, 0.29) is 0 Å². The van der Waals surface area contributed by atoms with Crippen LogP contribution in [0.25, 0.3) is 0 Å². The second-order valence-electron chi connectivity index (χ2n) is 7.03. The first kappa shape index (κ1) is 15.1. The van der Waals surface area contributed by atoms with E-state index in [1.165, 1.54) is 63.5 Å². The lowest BCUT2D eigenvalue weighted by atomic mass is 9.78. The molecule has 2 fully saturated rings. The van der Waals surface area contributed by atoms with Crippen LogP contribution in [0.15, 0.2) is 12.3 Å². The molecule has 3 rings (SSSR count). The van der Waals surface area contributed by atoms with Gasteiger partial charge >= 0.3 is 0 Å². The zero-order chi connectivity index (χ0) is 14.5. The molecule has 2 aliphatic rings. The van der Waals surface area contributed by atoms with Crippen molar-refractivity contribution >= 4 is 0 Å². The highest BCUT2D eigenvalue weighted by Gasteiger charge is 2.27. The van der Waals surface area contributed by atoms with Crippen molar-refractivity contribution in [2.45, 2.75) is 83.2 Å². The summed E-state index contributed by atoms with van der Waals surface area (Å²) in [6.07, 6.45) is 15.6. The summed E-state index contributed by atoms with van der Waals surface area (Å²) >= 11 is 0. The largest absolute Gasteiger partial charge is 0.313 e. The van der Waals surface area contributed by atoms with Crippen LogP contribution in [0.4, 0.5) is 0 Å². The molecule has 3 heteroatoms. The van der Waals surface area contributed by atoms with Crippen molar-refractivity contribution in [3.63, 3.8) is 0 Å². The molecule has 1 aromatic rings. The van der Waals surface area contributed by atoms with Gasteiger partial charge in [0.25, 0.3) is 0 Å². The molecule has 118 valence electrons. The summed E-state index contributed by atoms with van der Waals surface area (Å²) in [5.74, 6) is 0.886. The van der Waals surface area contributed by atoms with E-state index in [0.717, 1.165) is 18.9 Å². The van der Waals surface area contributed by atoms with Crippen LogP contribution in [-0.2, 0) is 6.42 Å². The van der Waals surface area contributed by atoms with Crippen molar-refractivity contribution in [1.29, 1.82) is 0 Å². The third-order valence-corrected chi connectivity index (χ3v) is 5.42. The van der Waals surface area contributed by atoms with Gasteiger partial charge in [-0.1, -0.05) is 32.6 Å². The van der Waals surface area contributed by atoms with Crippen LogP contribution in [-0.4, -0.2) is 22.4 Å². The van der Waals surface area contributed by atoms with Gasteiger partial charge in [-0.2, -0.15) is 5.10 Å². The highest BCUT2D eigenvalue weighted by Crippen LogP contribution is 2.31. The SMILES string of the molecule is CCCNC(Cc1ccn(C2CCCCC2)n1)C1CCC1. The summed E-state index contributed by atoms with van der Waals surface area (Å²) in [6.45, 7) is 3.40. The maximum Gasteiger partial charge on any atom is 0.0640 e. The lowest BCUT2D eigenvalue weighted by Crippen LogP contribution is -2.41. The molecule has 0 amide bonds. The van der Waals surface area contributed by atoms with Crippen LogP contribution in [0.1, 0.15) is 76.4 Å². The quantitative estimate of drug-likeness (QED) is 0.819. The molecular weight excluding hydrogens is 258 g/mol. The first-order valence-corrected chi connectivity index (χ1v) is 9.14. The molecule has 0 bridgehead atoms. The number of aromatic nitrogens is 2. The fourth-order valence-electron chi connectivity index (χ4n) is 3.84. The monoisotopic (exact) mass is 289 g/mol. The predicted molar refractivity (Wildman–Crippen MR) is 87.5 cm³/mol. The highest BCUT2D eigenvalue weighted by molar-refractivity contribution is 5.04. The second-order valence-corrected chi connectivity index (χ2v) is 7.03. The van der Waals surface area contributed by atoms with Gasteiger partial charge in [-0.05, 0) is 50.6 Å². The van der Waals surface area contributed by atoms with Crippen LogP contribution < -0.4 is 5.32 Å². The third kappa shape index (κ3) is 3.88. The minimum absolute atomic E-state index is 0.647. The smallest absolute Gasteiger partial charge is 0.0640 e. The van der Waals surface area contributed by atoms with Crippen LogP contribution in [0, 0.1) is 5.92 Å². The number of nitrogens with zero attached hydrogens (tertiary/aromatic N) is 2. The molecule has 1 N–H and O–H groups in total. The first-order valence-electron chi connectivity index (χ1n) is 9.14. The summed E-state index contributed by atoms with van der Waals surface area (Å²) in [6, 6.07) is 3.57. The number of hydrogen-bond acceptors (Lipinski definition) is 2. The zero-order valence-corrected chi connectivity index (χ0v) is 13.6. The van der Waals surface area contributed by atoms with E-state index in [9.17, 15) is 0 Å². The molecule has 0 aliphatic heterocycles. The van der Waals surface area contributed by atoms with Gasteiger partial charge in [-0.15, -0.1) is 0 Å². The average Bonchev–Trinajstić information content (AvgIpc) is 2.92. The zero-order valence-electron chi connectivity index (χ0n) is 13.6. The molecular formula is C18H31N3. The van der Waals surface area contributed by atoms with E-state index in [1.807, 2.05) is 0 Å². The Morgan fingerprint density at radius 2 is 2.00 bits per heavy atom. The molecule has 1 atom stereocenters. The minimum Gasteiger partial charge on any atom is -0.313 e. The Hall–Kier alpha value is -0.830. The van der Waals surface area contributed by atoms with E-state index in [4.69, 9.17) is 5.10 Å². The third-order valence-electron chi connectivity index (χ3n) is 5.42. The predicted octanol–water partition coefficient (Wildman–Crippen LogP) is 4.10. The Labute approximate surface area is 129 Å². The fourth-order valence-corrected chi connectivity index (χ4v) is 3.84. The molecule has 0 aromatic carbocycles. The lowest BCUT2D eigenvalue weighted by Gasteiger charge is -2.34. The Kier molecular flexibility index (Phi) is 5.34. The van der Waals surface area contributed by atoms with E-state index >= 15 is 0 Å². The Morgan fingerprint density at radius 3 is 2.67 bits per heavy atom. The summed E-state index contributed by atoms with van der Waals surface area (Å²) in [5.41, 5.74) is 1.29. The van der Waals surface area contributed by atoms with Gasteiger partial charge in [0.05, 0.1) is 11.7 Å². The highest BCUT2D eigenvalue weighted by atomic mass is 15.3. The van der Waals surface area contributed by atoms with Gasteiger partial charge in [-0.3, -0.25) is 4.68 Å². The molecule has 3 nitrogen and oxygen atoms in total. The Morgan fingerprint density at radius 1 is 1.19 bits per heavy atom. The molecule has 2 saturated carbocycles. The van der Waals surface area contributed by atoms with Gasteiger partial charge in [0, 0.05) is 18.7 Å². The average molecular weight is 289 g/mol. The standard InChI is InChI=1S/C18H31N3/c1-2-12-19-18(15-7-6-8-15)14-16-11-13-21(20-16)17-9-4-3-5-10-17/h11,13,15,17-19H,2-10,12,14H2,1H3. The van der Waals surface area contributed by atoms with Gasteiger partial charge in [0.15, 0.2) is 0 Å². The fraction of sp³-hybridized carbons (Fsp3) is 0.833. The van der Waals surface area contributed by atoms with Crippen molar-refractivity contribution in [2.75, 3.05) is 6.54 Å². The van der Waals surface area contributed by atoms with Crippen LogP contribution in [0.3, 0.4) is 0 Å². The Balaban J connectivity index is 1.58. The Bertz CT molecular complexity index is 416. The molecule has 1 heterocycles. The summed E-state index contributed by atoms with van der Waals surface area (Å²) in [7, 11) is 0. The molecule has 21 heavy (non-hydrogen) atoms. The topological polar surface area (TPSA) is 29.9 Å². The molecule has 2 aliphatic carbocycles. The van der Waals surface area contributed by atoms with Gasteiger partial charge in [0.2, 0.25) is 0 Å². The maximum absolute atomic E-state index is 4.90. The van der Waals surface area contributed by atoms with Crippen molar-refractivity contribution in [3.8, 4) is 0 Å². The molecule has 0 spiro atoms. The van der Waals surface area contributed by atoms with Gasteiger partial charge < -0.3 is 5.32 Å². The van der Waals surface area contributed by atoms with Gasteiger partial charge in [-0.25, -0.2) is 0 Å². The van der Waals surface area contributed by atoms with Crippen LogP contribution in [0.5, 0.6) is 0 Å². The minimum atomic E-state index is 0.647. The van der Waals surface area contributed by atoms with Crippen molar-refractivity contribution in [3.05, 3.63) is 18.0 Å². The summed E-state index contributed by atoms with van der Waals surface area (Å²) in [5, 5.41) is 8.66. The van der Waals surface area contributed by atoms with Crippen molar-refractivity contribution in [1.82, 2.24) is 15.1 Å². The van der Waals surface area contributed by atoms with Crippen LogP contribution >= 0.6 is 0 Å². The summed E-state index contributed by atoms with van der Waals surface area (Å²) < 4.78 is 2.26. The van der Waals surface area contributed by atoms with E-state index in [2.05, 4.69) is 29.2 Å².